The molecule has 0 bridgehead atoms. The van der Waals surface area contributed by atoms with Crippen LogP contribution in [-0.2, 0) is 12.3 Å². The molecule has 0 amide bonds. The molecule has 2 aromatic heterocycles. The summed E-state index contributed by atoms with van der Waals surface area (Å²) < 4.78 is 8.07. The summed E-state index contributed by atoms with van der Waals surface area (Å²) in [6, 6.07) is 22.3. The summed E-state index contributed by atoms with van der Waals surface area (Å²) in [7, 11) is 0. The number of aliphatic hydroxyl groups is 1. The van der Waals surface area contributed by atoms with Crippen LogP contribution in [0.1, 0.15) is 25.3 Å². The lowest BCUT2D eigenvalue weighted by Crippen LogP contribution is -2.58. The van der Waals surface area contributed by atoms with Gasteiger partial charge in [0.1, 0.15) is 5.69 Å². The van der Waals surface area contributed by atoms with Crippen molar-refractivity contribution in [3.63, 3.8) is 0 Å². The van der Waals surface area contributed by atoms with Crippen molar-refractivity contribution in [2.75, 3.05) is 0 Å². The normalized spacial score (nSPS) is 23.6. The van der Waals surface area contributed by atoms with Crippen LogP contribution in [0.2, 0.25) is 0 Å². The molecule has 6 nitrogen and oxygen atoms in total. The summed E-state index contributed by atoms with van der Waals surface area (Å²) >= 11 is 0. The van der Waals surface area contributed by atoms with E-state index in [9.17, 15) is 5.11 Å². The molecular weight excluding hydrogens is 400 g/mol. The molecule has 0 atom stereocenters. The lowest BCUT2D eigenvalue weighted by Gasteiger charge is -2.49. The third kappa shape index (κ3) is 2.95. The van der Waals surface area contributed by atoms with Gasteiger partial charge in [0, 0.05) is 22.9 Å². The fourth-order valence-electron chi connectivity index (χ4n) is 5.13. The molecule has 0 unspecified atom stereocenters. The zero-order chi connectivity index (χ0) is 21.9. The first-order valence-electron chi connectivity index (χ1n) is 10.8. The molecule has 6 heteroatoms. The Hall–Kier alpha value is -3.48. The number of nitrogens with zero attached hydrogens (tertiary/aromatic N) is 3. The fourth-order valence-corrected chi connectivity index (χ4v) is 5.13. The number of nitrogens with two attached hydrogens (primary N) is 1. The van der Waals surface area contributed by atoms with Crippen LogP contribution in [-0.4, -0.2) is 25.2 Å². The average Bonchev–Trinajstić information content (AvgIpc) is 3.18. The van der Waals surface area contributed by atoms with Gasteiger partial charge in [0.2, 0.25) is 0 Å². The van der Waals surface area contributed by atoms with Gasteiger partial charge in [0.15, 0.2) is 18.3 Å². The minimum atomic E-state index is -0.683. The Balaban J connectivity index is 1.48. The number of ether oxygens (including phenoxy) is 1. The molecular formula is C26H24N4O2. The lowest BCUT2D eigenvalue weighted by atomic mass is 9.63. The maximum absolute atomic E-state index is 10.2. The standard InChI is InChI=1S/C26H24N4O2/c1-25(31)14-26(27,15-25)19-11-9-17(10-12-19)21-23(18-6-3-2-4-7-18)30-16-32-20-8-5-13-28-22(20)24(30)29-21/h2-13,31H,14-16,27H2,1H3. The largest absolute Gasteiger partial charge is 0.470 e. The molecule has 1 saturated carbocycles. The monoisotopic (exact) mass is 424 g/mol. The van der Waals surface area contributed by atoms with Crippen molar-refractivity contribution in [1.82, 2.24) is 14.5 Å². The molecule has 32 heavy (non-hydrogen) atoms. The molecule has 2 aromatic carbocycles. The minimum absolute atomic E-state index is 0.379. The molecule has 3 N–H and O–H groups in total. The van der Waals surface area contributed by atoms with Crippen LogP contribution in [0.3, 0.4) is 0 Å². The fraction of sp³-hybridized carbons (Fsp3) is 0.231. The van der Waals surface area contributed by atoms with Gasteiger partial charge >= 0.3 is 0 Å². The van der Waals surface area contributed by atoms with Gasteiger partial charge in [0.25, 0.3) is 0 Å². The van der Waals surface area contributed by atoms with Crippen LogP contribution in [0.15, 0.2) is 72.9 Å². The predicted molar refractivity (Wildman–Crippen MR) is 123 cm³/mol. The number of aromatic nitrogens is 3. The summed E-state index contributed by atoms with van der Waals surface area (Å²) in [5.74, 6) is 1.55. The molecule has 0 spiro atoms. The maximum atomic E-state index is 10.2. The van der Waals surface area contributed by atoms with Crippen LogP contribution in [0.4, 0.5) is 0 Å². The number of hydrogen-bond acceptors (Lipinski definition) is 5. The first-order valence-corrected chi connectivity index (χ1v) is 10.8. The second kappa shape index (κ2) is 6.76. The van der Waals surface area contributed by atoms with E-state index in [1.807, 2.05) is 37.3 Å². The highest BCUT2D eigenvalue weighted by Gasteiger charge is 2.49. The van der Waals surface area contributed by atoms with Crippen molar-refractivity contribution >= 4 is 0 Å². The van der Waals surface area contributed by atoms with Crippen molar-refractivity contribution in [2.45, 2.75) is 37.6 Å². The third-order valence-electron chi connectivity index (χ3n) is 6.47. The van der Waals surface area contributed by atoms with Crippen LogP contribution in [0.5, 0.6) is 5.75 Å². The number of benzene rings is 2. The second-order valence-corrected chi connectivity index (χ2v) is 9.13. The summed E-state index contributed by atoms with van der Waals surface area (Å²) in [5, 5.41) is 10.2. The summed E-state index contributed by atoms with van der Waals surface area (Å²) in [6.45, 7) is 2.21. The van der Waals surface area contributed by atoms with E-state index in [1.54, 1.807) is 6.20 Å². The van der Waals surface area contributed by atoms with E-state index in [0.29, 0.717) is 19.6 Å². The molecule has 1 aliphatic carbocycles. The number of fused-ring (bicyclic) bond motifs is 3. The van der Waals surface area contributed by atoms with Gasteiger partial charge in [-0.05, 0) is 37.5 Å². The Morgan fingerprint density at radius 2 is 1.69 bits per heavy atom. The topological polar surface area (TPSA) is 86.2 Å². The van der Waals surface area contributed by atoms with Crippen molar-refractivity contribution in [2.24, 2.45) is 5.73 Å². The summed E-state index contributed by atoms with van der Waals surface area (Å²) in [4.78, 5) is 9.57. The van der Waals surface area contributed by atoms with Crippen LogP contribution in [0.25, 0.3) is 34.0 Å². The van der Waals surface area contributed by atoms with Gasteiger partial charge in [-0.3, -0.25) is 4.57 Å². The molecule has 2 aliphatic rings. The lowest BCUT2D eigenvalue weighted by molar-refractivity contribution is -0.0738. The van der Waals surface area contributed by atoms with Gasteiger partial charge in [0.05, 0.1) is 17.0 Å². The minimum Gasteiger partial charge on any atom is -0.470 e. The highest BCUT2D eigenvalue weighted by Crippen LogP contribution is 2.47. The first kappa shape index (κ1) is 19.2. The Bertz CT molecular complexity index is 1300. The van der Waals surface area contributed by atoms with E-state index < -0.39 is 11.1 Å². The summed E-state index contributed by atoms with van der Waals surface area (Å²) in [6.07, 6.45) is 2.89. The highest BCUT2D eigenvalue weighted by molar-refractivity contribution is 5.83. The van der Waals surface area contributed by atoms with Gasteiger partial charge in [-0.2, -0.15) is 0 Å². The third-order valence-corrected chi connectivity index (χ3v) is 6.47. The maximum Gasteiger partial charge on any atom is 0.167 e. The Kier molecular flexibility index (Phi) is 4.06. The number of imidazole rings is 1. The zero-order valence-corrected chi connectivity index (χ0v) is 17.8. The summed E-state index contributed by atoms with van der Waals surface area (Å²) in [5.41, 5.74) is 11.1. The molecule has 1 fully saturated rings. The average molecular weight is 425 g/mol. The quantitative estimate of drug-likeness (QED) is 0.511. The highest BCUT2D eigenvalue weighted by atomic mass is 16.5. The SMILES string of the molecule is CC1(O)CC(N)(c2ccc(-c3nc4n(c3-c3ccccc3)COc3cccnc3-4)cc2)C1. The molecule has 4 aromatic rings. The van der Waals surface area contributed by atoms with E-state index in [1.165, 1.54) is 0 Å². The second-order valence-electron chi connectivity index (χ2n) is 9.13. The molecule has 1 aliphatic heterocycles. The molecule has 0 saturated heterocycles. The van der Waals surface area contributed by atoms with Crippen molar-refractivity contribution in [1.29, 1.82) is 0 Å². The molecule has 160 valence electrons. The number of rotatable bonds is 3. The van der Waals surface area contributed by atoms with Crippen molar-refractivity contribution < 1.29 is 9.84 Å². The predicted octanol–water partition coefficient (Wildman–Crippen LogP) is 4.33. The van der Waals surface area contributed by atoms with Crippen LogP contribution < -0.4 is 10.5 Å². The van der Waals surface area contributed by atoms with Gasteiger partial charge in [-0.15, -0.1) is 0 Å². The zero-order valence-electron chi connectivity index (χ0n) is 17.8. The molecule has 3 heterocycles. The van der Waals surface area contributed by atoms with Crippen LogP contribution in [0, 0.1) is 0 Å². The number of pyridine rings is 1. The van der Waals surface area contributed by atoms with E-state index in [0.717, 1.165) is 45.3 Å². The Morgan fingerprint density at radius 1 is 0.938 bits per heavy atom. The van der Waals surface area contributed by atoms with Crippen molar-refractivity contribution in [3.05, 3.63) is 78.5 Å². The molecule has 6 rings (SSSR count). The van der Waals surface area contributed by atoms with E-state index in [-0.39, 0.29) is 0 Å². The smallest absolute Gasteiger partial charge is 0.167 e. The first-order chi connectivity index (χ1) is 15.4. The van der Waals surface area contributed by atoms with Gasteiger partial charge in [-0.1, -0.05) is 54.6 Å². The van der Waals surface area contributed by atoms with E-state index in [4.69, 9.17) is 15.5 Å². The number of hydrogen-bond donors (Lipinski definition) is 2. The Morgan fingerprint density at radius 3 is 2.41 bits per heavy atom. The van der Waals surface area contributed by atoms with E-state index >= 15 is 0 Å². The van der Waals surface area contributed by atoms with Gasteiger partial charge in [-0.25, -0.2) is 9.97 Å². The Labute approximate surface area is 186 Å². The molecule has 0 radical (unpaired) electrons. The van der Waals surface area contributed by atoms with Gasteiger partial charge < -0.3 is 15.6 Å². The van der Waals surface area contributed by atoms with Crippen molar-refractivity contribution in [3.8, 4) is 39.8 Å². The van der Waals surface area contributed by atoms with Crippen LogP contribution >= 0.6 is 0 Å². The van der Waals surface area contributed by atoms with E-state index in [2.05, 4.69) is 45.9 Å².